The average molecular weight is 285 g/mol. The molecule has 0 saturated heterocycles. The largest absolute Gasteiger partial charge is 0.496 e. The summed E-state index contributed by atoms with van der Waals surface area (Å²) in [4.78, 5) is 17.0. The number of amides is 1. The molecule has 3 rings (SSSR count). The first-order valence-electron chi connectivity index (χ1n) is 7.65. The van der Waals surface area contributed by atoms with E-state index in [1.54, 1.807) is 19.2 Å². The molecule has 2 fully saturated rings. The molecule has 2 saturated carbocycles. The average Bonchev–Trinajstić information content (AvgIpc) is 2.80. The third kappa shape index (κ3) is 1.94. The standard InChI is InChI=1S/C18H23NO2/c1-17(2)12-9-10-18(17,3)15(11-12)19-16(20)13-7-5-6-8-14(13)21-4/h5-8,12H,9-11H2,1-4H3. The van der Waals surface area contributed by atoms with Crippen LogP contribution in [0.15, 0.2) is 29.3 Å². The van der Waals surface area contributed by atoms with Gasteiger partial charge in [-0.1, -0.05) is 32.9 Å². The summed E-state index contributed by atoms with van der Waals surface area (Å²) < 4.78 is 5.27. The smallest absolute Gasteiger partial charge is 0.280 e. The number of carbonyl (C=O) groups is 1. The van der Waals surface area contributed by atoms with Crippen LogP contribution in [-0.4, -0.2) is 18.7 Å². The van der Waals surface area contributed by atoms with Gasteiger partial charge < -0.3 is 4.74 Å². The molecule has 112 valence electrons. The molecule has 0 radical (unpaired) electrons. The second kappa shape index (κ2) is 4.69. The molecule has 2 aliphatic carbocycles. The Morgan fingerprint density at radius 1 is 1.29 bits per heavy atom. The molecule has 0 heterocycles. The Morgan fingerprint density at radius 3 is 2.57 bits per heavy atom. The number of hydrogen-bond donors (Lipinski definition) is 0. The molecule has 21 heavy (non-hydrogen) atoms. The molecule has 1 aromatic carbocycles. The number of hydrogen-bond acceptors (Lipinski definition) is 2. The van der Waals surface area contributed by atoms with E-state index in [9.17, 15) is 4.79 Å². The summed E-state index contributed by atoms with van der Waals surface area (Å²) in [6.07, 6.45) is 3.36. The molecule has 3 nitrogen and oxygen atoms in total. The van der Waals surface area contributed by atoms with Crippen LogP contribution in [0.1, 0.15) is 50.4 Å². The van der Waals surface area contributed by atoms with Gasteiger partial charge in [0, 0.05) is 11.1 Å². The number of benzene rings is 1. The maximum atomic E-state index is 12.5. The first kappa shape index (κ1) is 14.3. The Morgan fingerprint density at radius 2 is 2.00 bits per heavy atom. The second-order valence-corrected chi connectivity index (χ2v) is 7.06. The van der Waals surface area contributed by atoms with E-state index in [2.05, 4.69) is 25.8 Å². The molecule has 0 N–H and O–H groups in total. The summed E-state index contributed by atoms with van der Waals surface area (Å²) in [5, 5.41) is 0. The second-order valence-electron chi connectivity index (χ2n) is 7.06. The fraction of sp³-hybridized carbons (Fsp3) is 0.556. The third-order valence-electron chi connectivity index (χ3n) is 6.09. The van der Waals surface area contributed by atoms with Crippen LogP contribution in [0.3, 0.4) is 0 Å². The van der Waals surface area contributed by atoms with Crippen LogP contribution in [0.4, 0.5) is 0 Å². The highest BCUT2D eigenvalue weighted by Gasteiger charge is 2.59. The van der Waals surface area contributed by atoms with Gasteiger partial charge in [0.1, 0.15) is 5.75 Å². The summed E-state index contributed by atoms with van der Waals surface area (Å²) in [6, 6.07) is 7.30. The van der Waals surface area contributed by atoms with Crippen molar-refractivity contribution in [2.75, 3.05) is 7.11 Å². The highest BCUT2D eigenvalue weighted by molar-refractivity contribution is 6.08. The summed E-state index contributed by atoms with van der Waals surface area (Å²) in [5.41, 5.74) is 1.94. The SMILES string of the molecule is COc1ccccc1C(=O)N=C1CC2CCC1(C)C2(C)C. The Labute approximate surface area is 126 Å². The van der Waals surface area contributed by atoms with Crippen molar-refractivity contribution < 1.29 is 9.53 Å². The van der Waals surface area contributed by atoms with Crippen molar-refractivity contribution in [1.29, 1.82) is 0 Å². The molecule has 2 unspecified atom stereocenters. The van der Waals surface area contributed by atoms with Crippen molar-refractivity contribution in [1.82, 2.24) is 0 Å². The van der Waals surface area contributed by atoms with Gasteiger partial charge in [-0.15, -0.1) is 0 Å². The highest BCUT2D eigenvalue weighted by atomic mass is 16.5. The Hall–Kier alpha value is -1.64. The van der Waals surface area contributed by atoms with Gasteiger partial charge in [-0.25, -0.2) is 4.99 Å². The van der Waals surface area contributed by atoms with E-state index in [0.29, 0.717) is 17.2 Å². The summed E-state index contributed by atoms with van der Waals surface area (Å²) in [7, 11) is 1.58. The van der Waals surface area contributed by atoms with Crippen LogP contribution in [0.5, 0.6) is 5.75 Å². The van der Waals surface area contributed by atoms with Crippen molar-refractivity contribution in [3.8, 4) is 5.75 Å². The van der Waals surface area contributed by atoms with Gasteiger partial charge in [-0.05, 0) is 42.7 Å². The number of para-hydroxylation sites is 1. The lowest BCUT2D eigenvalue weighted by atomic mass is 9.70. The van der Waals surface area contributed by atoms with Gasteiger partial charge >= 0.3 is 0 Å². The van der Waals surface area contributed by atoms with Crippen molar-refractivity contribution in [3.63, 3.8) is 0 Å². The molecular formula is C18H23NO2. The lowest BCUT2D eigenvalue weighted by molar-refractivity contribution is 0.0997. The van der Waals surface area contributed by atoms with E-state index in [1.807, 2.05) is 12.1 Å². The Bertz CT molecular complexity index is 617. The van der Waals surface area contributed by atoms with Crippen LogP contribution in [0.2, 0.25) is 0 Å². The number of carbonyl (C=O) groups excluding carboxylic acids is 1. The Kier molecular flexibility index (Phi) is 3.19. The van der Waals surface area contributed by atoms with E-state index < -0.39 is 0 Å². The van der Waals surface area contributed by atoms with E-state index in [1.165, 1.54) is 6.42 Å². The van der Waals surface area contributed by atoms with Crippen LogP contribution in [0, 0.1) is 16.7 Å². The Balaban J connectivity index is 1.95. The maximum absolute atomic E-state index is 12.5. The lowest BCUT2D eigenvalue weighted by Crippen LogP contribution is -2.33. The van der Waals surface area contributed by atoms with Gasteiger partial charge in [0.05, 0.1) is 12.7 Å². The first-order chi connectivity index (χ1) is 9.90. The molecule has 3 heteroatoms. The van der Waals surface area contributed by atoms with Gasteiger partial charge in [0.15, 0.2) is 0 Å². The minimum atomic E-state index is -0.174. The molecule has 0 aromatic heterocycles. The fourth-order valence-electron chi connectivity index (χ4n) is 4.10. The summed E-state index contributed by atoms with van der Waals surface area (Å²) >= 11 is 0. The van der Waals surface area contributed by atoms with Crippen molar-refractivity contribution in [3.05, 3.63) is 29.8 Å². The number of methoxy groups -OCH3 is 1. The van der Waals surface area contributed by atoms with E-state index in [-0.39, 0.29) is 16.7 Å². The van der Waals surface area contributed by atoms with Crippen LogP contribution < -0.4 is 4.74 Å². The first-order valence-corrected chi connectivity index (χ1v) is 7.65. The molecule has 2 aliphatic rings. The predicted octanol–water partition coefficient (Wildman–Crippen LogP) is 4.12. The maximum Gasteiger partial charge on any atom is 0.280 e. The predicted molar refractivity (Wildman–Crippen MR) is 84.0 cm³/mol. The molecule has 1 aromatic rings. The van der Waals surface area contributed by atoms with E-state index >= 15 is 0 Å². The zero-order valence-electron chi connectivity index (χ0n) is 13.3. The highest BCUT2D eigenvalue weighted by Crippen LogP contribution is 2.64. The van der Waals surface area contributed by atoms with Crippen LogP contribution in [-0.2, 0) is 0 Å². The lowest BCUT2D eigenvalue weighted by Gasteiger charge is -2.34. The molecular weight excluding hydrogens is 262 g/mol. The molecule has 1 amide bonds. The topological polar surface area (TPSA) is 38.7 Å². The molecule has 0 aliphatic heterocycles. The third-order valence-corrected chi connectivity index (χ3v) is 6.09. The fourth-order valence-corrected chi connectivity index (χ4v) is 4.10. The normalized spacial score (nSPS) is 31.6. The molecule has 2 atom stereocenters. The monoisotopic (exact) mass is 285 g/mol. The van der Waals surface area contributed by atoms with Gasteiger partial charge in [0.25, 0.3) is 5.91 Å². The number of aliphatic imine (C=N–C) groups is 1. The van der Waals surface area contributed by atoms with Crippen LogP contribution in [0.25, 0.3) is 0 Å². The number of rotatable bonds is 2. The quantitative estimate of drug-likeness (QED) is 0.819. The summed E-state index contributed by atoms with van der Waals surface area (Å²) in [6.45, 7) is 6.91. The summed E-state index contributed by atoms with van der Waals surface area (Å²) in [5.74, 6) is 1.08. The van der Waals surface area contributed by atoms with E-state index in [4.69, 9.17) is 4.74 Å². The van der Waals surface area contributed by atoms with Gasteiger partial charge in [-0.2, -0.15) is 0 Å². The van der Waals surface area contributed by atoms with E-state index in [0.717, 1.165) is 18.6 Å². The number of ether oxygens (including phenoxy) is 1. The zero-order valence-corrected chi connectivity index (χ0v) is 13.3. The number of nitrogens with zero attached hydrogens (tertiary/aromatic N) is 1. The van der Waals surface area contributed by atoms with Crippen molar-refractivity contribution in [2.45, 2.75) is 40.0 Å². The van der Waals surface area contributed by atoms with Crippen molar-refractivity contribution in [2.24, 2.45) is 21.7 Å². The van der Waals surface area contributed by atoms with Crippen LogP contribution >= 0.6 is 0 Å². The molecule has 2 bridgehead atoms. The minimum Gasteiger partial charge on any atom is -0.496 e. The zero-order chi connectivity index (χ0) is 15.3. The van der Waals surface area contributed by atoms with Crippen molar-refractivity contribution >= 4 is 11.6 Å². The number of fused-ring (bicyclic) bond motifs is 2. The minimum absolute atomic E-state index is 0.0648. The molecule has 0 spiro atoms. The van der Waals surface area contributed by atoms with Gasteiger partial charge in [-0.3, -0.25) is 4.79 Å². The van der Waals surface area contributed by atoms with Gasteiger partial charge in [0.2, 0.25) is 0 Å².